The Morgan fingerprint density at radius 1 is 0.778 bits per heavy atom. The fraction of sp³-hybridized carbons (Fsp3) is 0.120. The van der Waals surface area contributed by atoms with Crippen LogP contribution in [-0.2, 0) is 6.42 Å². The van der Waals surface area contributed by atoms with Gasteiger partial charge in [-0.15, -0.1) is 0 Å². The lowest BCUT2D eigenvalue weighted by Crippen LogP contribution is -2.03. The lowest BCUT2D eigenvalue weighted by Gasteiger charge is -2.15. The molecule has 0 bridgehead atoms. The first kappa shape index (κ1) is 16.1. The number of hydrogen-bond donors (Lipinski definition) is 1. The summed E-state index contributed by atoms with van der Waals surface area (Å²) in [5.74, 6) is 0.814. The molecule has 0 amide bonds. The van der Waals surface area contributed by atoms with Crippen LogP contribution in [0.4, 0.5) is 0 Å². The Labute approximate surface area is 158 Å². The van der Waals surface area contributed by atoms with Crippen LogP contribution in [0.15, 0.2) is 78.9 Å². The van der Waals surface area contributed by atoms with Gasteiger partial charge in [-0.3, -0.25) is 0 Å². The highest BCUT2D eigenvalue weighted by atomic mass is 16.5. The highest BCUT2D eigenvalue weighted by Crippen LogP contribution is 2.42. The van der Waals surface area contributed by atoms with Crippen molar-refractivity contribution < 1.29 is 9.84 Å². The molecule has 5 rings (SSSR count). The summed E-state index contributed by atoms with van der Waals surface area (Å²) in [5.41, 5.74) is 7.64. The first-order chi connectivity index (χ1) is 13.3. The maximum atomic E-state index is 9.21. The Kier molecular flexibility index (Phi) is 3.92. The SMILES string of the molecule is OCCOc1ccc2ccccc2c1-c1ccc2c(c1)-c1ccccc1C2. The Bertz CT molecular complexity index is 1140. The maximum Gasteiger partial charge on any atom is 0.127 e. The minimum Gasteiger partial charge on any atom is -0.491 e. The fourth-order valence-corrected chi connectivity index (χ4v) is 4.10. The molecule has 0 saturated carbocycles. The van der Waals surface area contributed by atoms with Crippen LogP contribution in [0.2, 0.25) is 0 Å². The van der Waals surface area contributed by atoms with Gasteiger partial charge in [0.15, 0.2) is 0 Å². The van der Waals surface area contributed by atoms with Gasteiger partial charge in [-0.2, -0.15) is 0 Å². The summed E-state index contributed by atoms with van der Waals surface area (Å²) in [6.07, 6.45) is 0.995. The molecule has 0 saturated heterocycles. The zero-order chi connectivity index (χ0) is 18.2. The monoisotopic (exact) mass is 352 g/mol. The van der Waals surface area contributed by atoms with Crippen molar-refractivity contribution >= 4 is 10.8 Å². The molecular weight excluding hydrogens is 332 g/mol. The van der Waals surface area contributed by atoms with Gasteiger partial charge in [0.25, 0.3) is 0 Å². The highest BCUT2D eigenvalue weighted by Gasteiger charge is 2.20. The summed E-state index contributed by atoms with van der Waals surface area (Å²) < 4.78 is 5.89. The van der Waals surface area contributed by atoms with Gasteiger partial charge in [0.1, 0.15) is 12.4 Å². The first-order valence-electron chi connectivity index (χ1n) is 9.32. The van der Waals surface area contributed by atoms with Crippen LogP contribution in [0.25, 0.3) is 33.0 Å². The van der Waals surface area contributed by atoms with E-state index in [4.69, 9.17) is 4.74 Å². The Morgan fingerprint density at radius 3 is 2.52 bits per heavy atom. The summed E-state index contributed by atoms with van der Waals surface area (Å²) in [4.78, 5) is 0. The van der Waals surface area contributed by atoms with Crippen LogP contribution < -0.4 is 4.74 Å². The molecule has 0 spiro atoms. The summed E-state index contributed by atoms with van der Waals surface area (Å²) >= 11 is 0. The predicted molar refractivity (Wildman–Crippen MR) is 110 cm³/mol. The van der Waals surface area contributed by atoms with E-state index in [2.05, 4.69) is 72.8 Å². The molecule has 2 nitrogen and oxygen atoms in total. The summed E-state index contributed by atoms with van der Waals surface area (Å²) in [5, 5.41) is 11.6. The van der Waals surface area contributed by atoms with E-state index in [0.29, 0.717) is 6.61 Å². The third kappa shape index (κ3) is 2.70. The highest BCUT2D eigenvalue weighted by molar-refractivity contribution is 6.00. The fourth-order valence-electron chi connectivity index (χ4n) is 4.10. The average Bonchev–Trinajstić information content (AvgIpc) is 3.09. The maximum absolute atomic E-state index is 9.21. The molecule has 2 heteroatoms. The molecule has 0 radical (unpaired) electrons. The quantitative estimate of drug-likeness (QED) is 0.466. The van der Waals surface area contributed by atoms with Crippen molar-refractivity contribution in [1.29, 1.82) is 0 Å². The summed E-state index contributed by atoms with van der Waals surface area (Å²) in [7, 11) is 0. The van der Waals surface area contributed by atoms with E-state index >= 15 is 0 Å². The average molecular weight is 352 g/mol. The molecule has 1 aliphatic rings. The van der Waals surface area contributed by atoms with Gasteiger partial charge in [-0.05, 0) is 57.1 Å². The van der Waals surface area contributed by atoms with Crippen LogP contribution >= 0.6 is 0 Å². The zero-order valence-corrected chi connectivity index (χ0v) is 15.0. The van der Waals surface area contributed by atoms with E-state index in [-0.39, 0.29) is 6.61 Å². The molecule has 1 N–H and O–H groups in total. The van der Waals surface area contributed by atoms with Crippen molar-refractivity contribution in [3.63, 3.8) is 0 Å². The van der Waals surface area contributed by atoms with E-state index in [1.807, 2.05) is 6.07 Å². The number of ether oxygens (including phenoxy) is 1. The third-order valence-corrected chi connectivity index (χ3v) is 5.33. The Balaban J connectivity index is 1.73. The van der Waals surface area contributed by atoms with Crippen molar-refractivity contribution in [2.45, 2.75) is 6.42 Å². The Hall–Kier alpha value is -3.10. The first-order valence-corrected chi connectivity index (χ1v) is 9.32. The second-order valence-electron chi connectivity index (χ2n) is 6.94. The minimum absolute atomic E-state index is 0.00380. The van der Waals surface area contributed by atoms with Gasteiger partial charge in [0.05, 0.1) is 6.61 Å². The normalized spacial score (nSPS) is 12.0. The number of hydrogen-bond acceptors (Lipinski definition) is 2. The van der Waals surface area contributed by atoms with E-state index in [1.165, 1.54) is 33.0 Å². The number of aliphatic hydroxyl groups is 1. The van der Waals surface area contributed by atoms with Gasteiger partial charge in [-0.25, -0.2) is 0 Å². The molecule has 27 heavy (non-hydrogen) atoms. The lowest BCUT2D eigenvalue weighted by molar-refractivity contribution is 0.202. The molecular formula is C25H20O2. The largest absolute Gasteiger partial charge is 0.491 e. The van der Waals surface area contributed by atoms with Gasteiger partial charge in [-0.1, -0.05) is 66.7 Å². The van der Waals surface area contributed by atoms with Crippen LogP contribution in [0.1, 0.15) is 11.1 Å². The predicted octanol–water partition coefficient (Wildman–Crippen LogP) is 5.45. The Morgan fingerprint density at radius 2 is 1.59 bits per heavy atom. The van der Waals surface area contributed by atoms with Crippen molar-refractivity contribution in [2.24, 2.45) is 0 Å². The van der Waals surface area contributed by atoms with Gasteiger partial charge < -0.3 is 9.84 Å². The van der Waals surface area contributed by atoms with Gasteiger partial charge in [0.2, 0.25) is 0 Å². The summed E-state index contributed by atoms with van der Waals surface area (Å²) in [6, 6.07) is 27.8. The van der Waals surface area contributed by atoms with E-state index in [1.54, 1.807) is 0 Å². The molecule has 132 valence electrons. The van der Waals surface area contributed by atoms with Crippen molar-refractivity contribution in [3.05, 3.63) is 90.0 Å². The molecule has 0 aliphatic heterocycles. The molecule has 0 fully saturated rings. The minimum atomic E-state index is 0.00380. The topological polar surface area (TPSA) is 29.5 Å². The number of benzene rings is 4. The van der Waals surface area contributed by atoms with E-state index in [0.717, 1.165) is 23.3 Å². The number of fused-ring (bicyclic) bond motifs is 4. The smallest absolute Gasteiger partial charge is 0.127 e. The zero-order valence-electron chi connectivity index (χ0n) is 15.0. The molecule has 1 aliphatic carbocycles. The number of aliphatic hydroxyl groups excluding tert-OH is 1. The molecule has 0 atom stereocenters. The molecule has 4 aromatic carbocycles. The summed E-state index contributed by atoms with van der Waals surface area (Å²) in [6.45, 7) is 0.295. The van der Waals surface area contributed by atoms with E-state index < -0.39 is 0 Å². The van der Waals surface area contributed by atoms with Crippen molar-refractivity contribution in [3.8, 4) is 28.0 Å². The molecule has 0 heterocycles. The second-order valence-corrected chi connectivity index (χ2v) is 6.94. The number of rotatable bonds is 4. The van der Waals surface area contributed by atoms with Crippen LogP contribution in [0.5, 0.6) is 5.75 Å². The second kappa shape index (κ2) is 6.57. The van der Waals surface area contributed by atoms with Gasteiger partial charge >= 0.3 is 0 Å². The lowest BCUT2D eigenvalue weighted by atomic mass is 9.94. The molecule has 4 aromatic rings. The standard InChI is InChI=1S/C25H20O2/c26-13-14-27-24-12-11-17-5-1-4-8-22(17)25(24)20-10-9-19-15-18-6-2-3-7-21(18)23(19)16-20/h1-12,16,26H,13-15H2. The van der Waals surface area contributed by atoms with Crippen LogP contribution in [0.3, 0.4) is 0 Å². The molecule has 0 aromatic heterocycles. The van der Waals surface area contributed by atoms with E-state index in [9.17, 15) is 5.11 Å². The third-order valence-electron chi connectivity index (χ3n) is 5.33. The van der Waals surface area contributed by atoms with Crippen molar-refractivity contribution in [1.82, 2.24) is 0 Å². The molecule has 0 unspecified atom stereocenters. The van der Waals surface area contributed by atoms with Crippen molar-refractivity contribution in [2.75, 3.05) is 13.2 Å². The van der Waals surface area contributed by atoms with Crippen LogP contribution in [-0.4, -0.2) is 18.3 Å². The van der Waals surface area contributed by atoms with Gasteiger partial charge in [0, 0.05) is 5.56 Å². The van der Waals surface area contributed by atoms with Crippen LogP contribution in [0, 0.1) is 0 Å².